The number of hydrogen-bond donors (Lipinski definition) is 1. The second-order valence-corrected chi connectivity index (χ2v) is 7.99. The molecular weight excluding hydrogens is 392 g/mol. The Kier molecular flexibility index (Phi) is 5.47. The Bertz CT molecular complexity index is 985. The molecule has 2 aromatic carbocycles. The molecule has 4 rings (SSSR count). The van der Waals surface area contributed by atoms with Crippen LogP contribution in [0.4, 0.5) is 8.78 Å². The molecule has 7 heteroatoms. The van der Waals surface area contributed by atoms with Gasteiger partial charge in [0.2, 0.25) is 0 Å². The Balaban J connectivity index is 1.74. The van der Waals surface area contributed by atoms with E-state index in [4.69, 9.17) is 14.6 Å². The standard InChI is InChI=1S/C23H23F2NO4/c1-23(25)8-9-26(14-23)11-16-12-30-20-7-6-18(29-13-21(27)28)10-19(20)22(16)15-2-4-17(24)5-3-15/h2-7,10H,8-9,11-14H2,1H3,(H,27,28). The largest absolute Gasteiger partial charge is 0.489 e. The van der Waals surface area contributed by atoms with Gasteiger partial charge in [-0.3, -0.25) is 4.90 Å². The molecule has 158 valence electrons. The van der Waals surface area contributed by atoms with Crippen molar-refractivity contribution in [1.29, 1.82) is 0 Å². The molecule has 1 N–H and O–H groups in total. The van der Waals surface area contributed by atoms with Gasteiger partial charge in [-0.05, 0) is 60.4 Å². The summed E-state index contributed by atoms with van der Waals surface area (Å²) in [5, 5.41) is 8.88. The molecule has 1 atom stereocenters. The number of hydrogen-bond acceptors (Lipinski definition) is 4. The lowest BCUT2D eigenvalue weighted by atomic mass is 9.90. The van der Waals surface area contributed by atoms with Crippen molar-refractivity contribution in [3.8, 4) is 11.5 Å². The highest BCUT2D eigenvalue weighted by Gasteiger charge is 2.34. The van der Waals surface area contributed by atoms with Crippen LogP contribution in [-0.4, -0.2) is 54.5 Å². The van der Waals surface area contributed by atoms with E-state index in [0.29, 0.717) is 44.2 Å². The third-order valence-electron chi connectivity index (χ3n) is 5.39. The number of carboxylic acids is 1. The number of alkyl halides is 1. The first-order valence-electron chi connectivity index (χ1n) is 9.82. The fourth-order valence-electron chi connectivity index (χ4n) is 4.01. The van der Waals surface area contributed by atoms with Crippen molar-refractivity contribution in [1.82, 2.24) is 4.90 Å². The Hall–Kier alpha value is -2.93. The van der Waals surface area contributed by atoms with Crippen LogP contribution >= 0.6 is 0 Å². The van der Waals surface area contributed by atoms with Crippen molar-refractivity contribution in [3.63, 3.8) is 0 Å². The fourth-order valence-corrected chi connectivity index (χ4v) is 4.01. The number of nitrogens with zero attached hydrogens (tertiary/aromatic N) is 1. The van der Waals surface area contributed by atoms with Gasteiger partial charge in [-0.1, -0.05) is 12.1 Å². The molecule has 0 radical (unpaired) electrons. The summed E-state index contributed by atoms with van der Waals surface area (Å²) in [6.45, 7) is 3.04. The molecule has 0 saturated carbocycles. The fraction of sp³-hybridized carbons (Fsp3) is 0.348. The van der Waals surface area contributed by atoms with Crippen LogP contribution in [0.2, 0.25) is 0 Å². The van der Waals surface area contributed by atoms with Gasteiger partial charge in [0.1, 0.15) is 29.6 Å². The van der Waals surface area contributed by atoms with Gasteiger partial charge in [0, 0.05) is 25.2 Å². The molecule has 2 aliphatic rings. The van der Waals surface area contributed by atoms with Crippen molar-refractivity contribution >= 4 is 11.5 Å². The summed E-state index contributed by atoms with van der Waals surface area (Å²) in [5.74, 6) is -0.364. The quantitative estimate of drug-likeness (QED) is 0.775. The van der Waals surface area contributed by atoms with E-state index in [9.17, 15) is 13.6 Å². The highest BCUT2D eigenvalue weighted by molar-refractivity contribution is 5.87. The van der Waals surface area contributed by atoms with Gasteiger partial charge in [0.05, 0.1) is 0 Å². The average molecular weight is 415 g/mol. The molecule has 0 aromatic heterocycles. The Morgan fingerprint density at radius 2 is 2.03 bits per heavy atom. The monoisotopic (exact) mass is 415 g/mol. The average Bonchev–Trinajstić information content (AvgIpc) is 3.05. The van der Waals surface area contributed by atoms with Crippen LogP contribution in [0, 0.1) is 5.82 Å². The van der Waals surface area contributed by atoms with Crippen molar-refractivity contribution in [2.75, 3.05) is 32.8 Å². The number of carbonyl (C=O) groups is 1. The first kappa shape index (κ1) is 20.3. The molecule has 5 nitrogen and oxygen atoms in total. The van der Waals surface area contributed by atoms with Crippen LogP contribution in [0.15, 0.2) is 48.0 Å². The number of ether oxygens (including phenoxy) is 2. The van der Waals surface area contributed by atoms with Crippen molar-refractivity contribution in [2.45, 2.75) is 19.0 Å². The van der Waals surface area contributed by atoms with Crippen molar-refractivity contribution < 1.29 is 28.2 Å². The first-order chi connectivity index (χ1) is 14.3. The predicted molar refractivity (Wildman–Crippen MR) is 108 cm³/mol. The maximum absolute atomic E-state index is 14.3. The maximum atomic E-state index is 14.3. The summed E-state index contributed by atoms with van der Waals surface area (Å²) < 4.78 is 39.1. The Labute approximate surface area is 173 Å². The number of rotatable bonds is 6. The minimum atomic E-state index is -1.21. The van der Waals surface area contributed by atoms with Crippen LogP contribution in [0.1, 0.15) is 24.5 Å². The number of aliphatic carboxylic acids is 1. The molecule has 0 bridgehead atoms. The SMILES string of the molecule is CC1(F)CCN(CC2=C(c3ccc(F)cc3)c3cc(OCC(=O)O)ccc3OC2)C1. The third-order valence-corrected chi connectivity index (χ3v) is 5.39. The lowest BCUT2D eigenvalue weighted by Gasteiger charge is -2.28. The Morgan fingerprint density at radius 1 is 1.27 bits per heavy atom. The highest BCUT2D eigenvalue weighted by atomic mass is 19.1. The van der Waals surface area contributed by atoms with Gasteiger partial charge >= 0.3 is 5.97 Å². The summed E-state index contributed by atoms with van der Waals surface area (Å²) in [6.07, 6.45) is 0.483. The minimum Gasteiger partial charge on any atom is -0.489 e. The first-order valence-corrected chi connectivity index (χ1v) is 9.82. The molecule has 1 saturated heterocycles. The lowest BCUT2D eigenvalue weighted by Crippen LogP contribution is -2.30. The summed E-state index contributed by atoms with van der Waals surface area (Å²) >= 11 is 0. The molecule has 30 heavy (non-hydrogen) atoms. The second-order valence-electron chi connectivity index (χ2n) is 7.99. The van der Waals surface area contributed by atoms with Crippen LogP contribution in [0.25, 0.3) is 5.57 Å². The van der Waals surface area contributed by atoms with E-state index >= 15 is 0 Å². The highest BCUT2D eigenvalue weighted by Crippen LogP contribution is 2.40. The van der Waals surface area contributed by atoms with E-state index in [0.717, 1.165) is 22.3 Å². The van der Waals surface area contributed by atoms with Gasteiger partial charge in [-0.2, -0.15) is 0 Å². The zero-order chi connectivity index (χ0) is 21.3. The molecule has 1 unspecified atom stereocenters. The summed E-state index contributed by atoms with van der Waals surface area (Å²) in [5.41, 5.74) is 2.19. The number of benzene rings is 2. The number of halogens is 2. The smallest absolute Gasteiger partial charge is 0.341 e. The van der Waals surface area contributed by atoms with Crippen LogP contribution < -0.4 is 9.47 Å². The molecule has 0 aliphatic carbocycles. The predicted octanol–water partition coefficient (Wildman–Crippen LogP) is 3.92. The Morgan fingerprint density at radius 3 is 2.70 bits per heavy atom. The molecule has 0 spiro atoms. The van der Waals surface area contributed by atoms with Gasteiger partial charge in [-0.15, -0.1) is 0 Å². The normalized spacial score (nSPS) is 21.3. The molecular formula is C23H23F2NO4. The summed E-state index contributed by atoms with van der Waals surface area (Å²) in [7, 11) is 0. The van der Waals surface area contributed by atoms with Crippen LogP contribution in [-0.2, 0) is 4.79 Å². The number of carboxylic acid groups (broad SMARTS) is 1. The topological polar surface area (TPSA) is 59.0 Å². The van der Waals surface area contributed by atoms with Gasteiger partial charge in [-0.25, -0.2) is 13.6 Å². The zero-order valence-corrected chi connectivity index (χ0v) is 16.7. The van der Waals surface area contributed by atoms with Gasteiger partial charge in [0.15, 0.2) is 6.61 Å². The van der Waals surface area contributed by atoms with E-state index in [2.05, 4.69) is 4.90 Å². The van der Waals surface area contributed by atoms with Gasteiger partial charge < -0.3 is 14.6 Å². The van der Waals surface area contributed by atoms with Crippen molar-refractivity contribution in [2.24, 2.45) is 0 Å². The maximum Gasteiger partial charge on any atom is 0.341 e. The van der Waals surface area contributed by atoms with Crippen molar-refractivity contribution in [3.05, 3.63) is 65.0 Å². The number of likely N-dealkylation sites (tertiary alicyclic amines) is 1. The molecule has 0 amide bonds. The summed E-state index contributed by atoms with van der Waals surface area (Å²) in [4.78, 5) is 12.9. The lowest BCUT2D eigenvalue weighted by molar-refractivity contribution is -0.139. The second kappa shape index (κ2) is 8.07. The van der Waals surface area contributed by atoms with E-state index in [1.54, 1.807) is 37.3 Å². The molecule has 2 aliphatic heterocycles. The number of fused-ring (bicyclic) bond motifs is 1. The minimum absolute atomic E-state index is 0.334. The third kappa shape index (κ3) is 4.46. The van der Waals surface area contributed by atoms with Gasteiger partial charge in [0.25, 0.3) is 0 Å². The molecule has 2 aromatic rings. The zero-order valence-electron chi connectivity index (χ0n) is 16.7. The summed E-state index contributed by atoms with van der Waals surface area (Å²) in [6, 6.07) is 11.3. The van der Waals surface area contributed by atoms with E-state index < -0.39 is 18.2 Å². The van der Waals surface area contributed by atoms with E-state index in [-0.39, 0.29) is 5.82 Å². The van der Waals surface area contributed by atoms with E-state index in [1.165, 1.54) is 12.1 Å². The molecule has 2 heterocycles. The van der Waals surface area contributed by atoms with Crippen LogP contribution in [0.5, 0.6) is 11.5 Å². The van der Waals surface area contributed by atoms with Crippen LogP contribution in [0.3, 0.4) is 0 Å². The van der Waals surface area contributed by atoms with E-state index in [1.807, 2.05) is 0 Å². The molecule has 1 fully saturated rings.